The van der Waals surface area contributed by atoms with Crippen molar-refractivity contribution in [3.63, 3.8) is 0 Å². The first-order chi connectivity index (χ1) is 3.66. The minimum atomic E-state index is -1.35. The van der Waals surface area contributed by atoms with Crippen LogP contribution in [0.25, 0.3) is 0 Å². The van der Waals surface area contributed by atoms with E-state index in [1.807, 2.05) is 0 Å². The van der Waals surface area contributed by atoms with Crippen LogP contribution in [0.15, 0.2) is 0 Å². The second-order valence-electron chi connectivity index (χ2n) is 2.77. The molecule has 1 nitrogen and oxygen atoms in total. The van der Waals surface area contributed by atoms with Crippen LogP contribution >= 0.6 is 24.0 Å². The molecule has 1 N–H and O–H groups in total. The van der Waals surface area contributed by atoms with E-state index < -0.39 is 5.13 Å². The Kier molecular flexibility index (Phi) is 1.47. The van der Waals surface area contributed by atoms with Crippen molar-refractivity contribution < 1.29 is 4.39 Å². The Balaban J connectivity index is 0.000000405. The molecule has 9 heavy (non-hydrogen) atoms. The number of nitrogens with one attached hydrogen (secondary N) is 1. The predicted octanol–water partition coefficient (Wildman–Crippen LogP) is 1.31. The molecule has 0 aromatic carbocycles. The average Bonchev–Trinajstić information content (AvgIpc) is 2.05. The zero-order valence-electron chi connectivity index (χ0n) is 4.79. The summed E-state index contributed by atoms with van der Waals surface area (Å²) in [4.78, 5) is 0. The zero-order chi connectivity index (χ0) is 5.83. The number of hydrogen-bond acceptors (Lipinski definition) is 1. The van der Waals surface area contributed by atoms with Crippen molar-refractivity contribution in [3.05, 3.63) is 0 Å². The molecule has 1 atom stereocenters. The lowest BCUT2D eigenvalue weighted by Gasteiger charge is -2.27. The van der Waals surface area contributed by atoms with E-state index in [2.05, 4.69) is 5.32 Å². The van der Waals surface area contributed by atoms with E-state index in [9.17, 15) is 4.39 Å². The van der Waals surface area contributed by atoms with E-state index in [0.29, 0.717) is 6.42 Å². The maximum atomic E-state index is 12.6. The minimum absolute atomic E-state index is 0. The Hall–Kier alpha value is 0.470. The first-order valence-electron chi connectivity index (χ1n) is 2.75. The van der Waals surface area contributed by atoms with Crippen molar-refractivity contribution in [3.8, 4) is 0 Å². The van der Waals surface area contributed by atoms with Gasteiger partial charge in [-0.25, -0.2) is 4.39 Å². The molecule has 1 aliphatic heterocycles. The fourth-order valence-corrected chi connectivity index (χ4v) is 1.58. The Morgan fingerprint density at radius 1 is 1.44 bits per heavy atom. The minimum Gasteiger partial charge on any atom is -0.315 e. The fourth-order valence-electron chi connectivity index (χ4n) is 1.19. The van der Waals surface area contributed by atoms with Gasteiger partial charge in [-0.05, 0) is 0 Å². The van der Waals surface area contributed by atoms with Crippen LogP contribution in [-0.2, 0) is 0 Å². The smallest absolute Gasteiger partial charge is 0.192 e. The van der Waals surface area contributed by atoms with Crippen molar-refractivity contribution in [2.45, 2.75) is 11.5 Å². The summed E-state index contributed by atoms with van der Waals surface area (Å²) in [5.41, 5.74) is -0.144. The van der Waals surface area contributed by atoms with Crippen LogP contribution in [0.5, 0.6) is 0 Å². The van der Waals surface area contributed by atoms with E-state index in [0.717, 1.165) is 13.1 Å². The fraction of sp³-hybridized carbons (Fsp3) is 1.00. The molecule has 0 aromatic rings. The molecule has 0 aromatic heterocycles. The van der Waals surface area contributed by atoms with Crippen LogP contribution in [0.1, 0.15) is 6.42 Å². The van der Waals surface area contributed by atoms with Gasteiger partial charge in [0.2, 0.25) is 0 Å². The monoisotopic (exact) mass is 171 g/mol. The highest BCUT2D eigenvalue weighted by Crippen LogP contribution is 2.64. The normalized spacial score (nSPS) is 43.3. The summed E-state index contributed by atoms with van der Waals surface area (Å²) in [6.07, 6.45) is 0.550. The van der Waals surface area contributed by atoms with Crippen LogP contribution in [0.4, 0.5) is 4.39 Å². The lowest BCUT2D eigenvalue weighted by molar-refractivity contribution is 0.232. The highest BCUT2D eigenvalue weighted by Gasteiger charge is 2.71. The van der Waals surface area contributed by atoms with Gasteiger partial charge in [0, 0.05) is 24.9 Å². The number of hydrogen-bond donors (Lipinski definition) is 1. The second kappa shape index (κ2) is 1.74. The quantitative estimate of drug-likeness (QED) is 0.543. The van der Waals surface area contributed by atoms with Crippen LogP contribution in [0.3, 0.4) is 0 Å². The van der Waals surface area contributed by atoms with Gasteiger partial charge < -0.3 is 5.32 Å². The van der Waals surface area contributed by atoms with Crippen molar-refractivity contribution >= 4 is 24.0 Å². The largest absolute Gasteiger partial charge is 0.315 e. The van der Waals surface area contributed by atoms with Gasteiger partial charge in [-0.15, -0.1) is 12.4 Å². The molecule has 1 aliphatic carbocycles. The lowest BCUT2D eigenvalue weighted by atomic mass is 10.0. The molecule has 54 valence electrons. The average molecular weight is 172 g/mol. The predicted molar refractivity (Wildman–Crippen MR) is 36.9 cm³/mol. The third-order valence-corrected chi connectivity index (χ3v) is 2.67. The van der Waals surface area contributed by atoms with Gasteiger partial charge in [0.15, 0.2) is 5.13 Å². The van der Waals surface area contributed by atoms with Gasteiger partial charge in [-0.2, -0.15) is 0 Å². The number of alkyl halides is 2. The third kappa shape index (κ3) is 0.769. The van der Waals surface area contributed by atoms with Crippen molar-refractivity contribution in [2.24, 2.45) is 5.41 Å². The van der Waals surface area contributed by atoms with Crippen LogP contribution in [0, 0.1) is 5.41 Å². The summed E-state index contributed by atoms with van der Waals surface area (Å²) in [6.45, 7) is 1.54. The zero-order valence-corrected chi connectivity index (χ0v) is 6.36. The van der Waals surface area contributed by atoms with Crippen LogP contribution < -0.4 is 5.32 Å². The van der Waals surface area contributed by atoms with Crippen molar-refractivity contribution in [1.29, 1.82) is 0 Å². The molecule has 0 bridgehead atoms. The molecule has 1 heterocycles. The molecule has 1 saturated carbocycles. The van der Waals surface area contributed by atoms with E-state index >= 15 is 0 Å². The first-order valence-corrected chi connectivity index (χ1v) is 3.13. The summed E-state index contributed by atoms with van der Waals surface area (Å²) in [5, 5.41) is 1.65. The van der Waals surface area contributed by atoms with Crippen molar-refractivity contribution in [2.75, 3.05) is 13.1 Å². The summed E-state index contributed by atoms with van der Waals surface area (Å²) >= 11 is 5.39. The molecule has 2 rings (SSSR count). The maximum Gasteiger partial charge on any atom is 0.192 e. The number of rotatable bonds is 0. The van der Waals surface area contributed by atoms with Gasteiger partial charge >= 0.3 is 0 Å². The third-order valence-electron chi connectivity index (χ3n) is 2.14. The van der Waals surface area contributed by atoms with Gasteiger partial charge in [-0.3, -0.25) is 0 Å². The van der Waals surface area contributed by atoms with Crippen LogP contribution in [0.2, 0.25) is 0 Å². The van der Waals surface area contributed by atoms with Gasteiger partial charge in [0.25, 0.3) is 0 Å². The second-order valence-corrected chi connectivity index (χ2v) is 3.36. The SMILES string of the molecule is Cl.FC1(Cl)CC12CNC2. The summed E-state index contributed by atoms with van der Waals surface area (Å²) < 4.78 is 12.6. The molecular formula is C5H8Cl2FN. The Bertz CT molecular complexity index is 133. The Morgan fingerprint density at radius 2 is 1.89 bits per heavy atom. The summed E-state index contributed by atoms with van der Waals surface area (Å²) in [5.74, 6) is 0. The molecule has 4 heteroatoms. The molecule has 0 radical (unpaired) electrons. The molecule has 1 saturated heterocycles. The summed E-state index contributed by atoms with van der Waals surface area (Å²) in [6, 6.07) is 0. The highest BCUT2D eigenvalue weighted by molar-refractivity contribution is 6.25. The number of halogens is 3. The van der Waals surface area contributed by atoms with Gasteiger partial charge in [0.05, 0.1) is 0 Å². The van der Waals surface area contributed by atoms with Crippen LogP contribution in [-0.4, -0.2) is 18.2 Å². The Labute approximate surface area is 64.4 Å². The van der Waals surface area contributed by atoms with E-state index in [1.54, 1.807) is 0 Å². The van der Waals surface area contributed by atoms with Gasteiger partial charge in [-0.1, -0.05) is 11.6 Å². The molecule has 1 spiro atoms. The summed E-state index contributed by atoms with van der Waals surface area (Å²) in [7, 11) is 0. The first kappa shape index (κ1) is 7.58. The van der Waals surface area contributed by atoms with Crippen molar-refractivity contribution in [1.82, 2.24) is 5.32 Å². The molecule has 1 unspecified atom stereocenters. The van der Waals surface area contributed by atoms with Gasteiger partial charge in [0.1, 0.15) is 0 Å². The maximum absolute atomic E-state index is 12.6. The topological polar surface area (TPSA) is 12.0 Å². The van der Waals surface area contributed by atoms with E-state index in [1.165, 1.54) is 0 Å². The van der Waals surface area contributed by atoms with E-state index in [-0.39, 0.29) is 17.8 Å². The molecule has 2 aliphatic rings. The molecule has 0 amide bonds. The molecular weight excluding hydrogens is 164 g/mol. The molecule has 2 fully saturated rings. The van der Waals surface area contributed by atoms with E-state index in [4.69, 9.17) is 11.6 Å². The standard InChI is InChI=1S/C5H7ClFN.ClH/c6-5(7)1-4(5)2-8-3-4;/h8H,1-3H2;1H. The lowest BCUT2D eigenvalue weighted by Crippen LogP contribution is -2.47. The Morgan fingerprint density at radius 3 is 1.89 bits per heavy atom. The highest BCUT2D eigenvalue weighted by atomic mass is 35.5.